The van der Waals surface area contributed by atoms with Crippen LogP contribution in [0.1, 0.15) is 18.2 Å². The molecule has 1 aliphatic heterocycles. The van der Waals surface area contributed by atoms with Crippen molar-refractivity contribution < 1.29 is 14.9 Å². The molecule has 1 aromatic heterocycles. The van der Waals surface area contributed by atoms with Crippen molar-refractivity contribution in [2.24, 2.45) is 0 Å². The van der Waals surface area contributed by atoms with Crippen molar-refractivity contribution in [3.8, 4) is 0 Å². The lowest BCUT2D eigenvalue weighted by molar-refractivity contribution is -0.0459. The van der Waals surface area contributed by atoms with E-state index in [0.29, 0.717) is 4.48 Å². The number of nitrogens with one attached hydrogen (secondary N) is 1. The second kappa shape index (κ2) is 5.41. The van der Waals surface area contributed by atoms with Gasteiger partial charge in [-0.25, -0.2) is 4.79 Å². The third-order valence-corrected chi connectivity index (χ3v) is 3.38. The molecule has 0 aromatic carbocycles. The van der Waals surface area contributed by atoms with Gasteiger partial charge in [0.15, 0.2) is 0 Å². The molecule has 0 spiro atoms. The third-order valence-electron chi connectivity index (χ3n) is 2.95. The second-order valence-corrected chi connectivity index (χ2v) is 5.19. The second-order valence-electron chi connectivity index (χ2n) is 4.23. The minimum atomic E-state index is -0.857. The van der Waals surface area contributed by atoms with Gasteiger partial charge in [0.1, 0.15) is 12.3 Å². The zero-order chi connectivity index (χ0) is 14.2. The van der Waals surface area contributed by atoms with Crippen molar-refractivity contribution in [3.63, 3.8) is 0 Å². The van der Waals surface area contributed by atoms with E-state index < -0.39 is 29.7 Å². The monoisotopic (exact) mass is 332 g/mol. The Morgan fingerprint density at radius 1 is 1.63 bits per heavy atom. The van der Waals surface area contributed by atoms with Crippen LogP contribution in [0.3, 0.4) is 0 Å². The summed E-state index contributed by atoms with van der Waals surface area (Å²) in [6.07, 6.45) is -0.855. The minimum absolute atomic E-state index is 0.158. The van der Waals surface area contributed by atoms with Crippen molar-refractivity contribution >= 4 is 20.4 Å². The number of aromatic amines is 1. The van der Waals surface area contributed by atoms with Gasteiger partial charge in [0, 0.05) is 17.1 Å². The molecule has 19 heavy (non-hydrogen) atoms. The first kappa shape index (κ1) is 14.2. The average Bonchev–Trinajstić information content (AvgIpc) is 2.69. The molecule has 0 saturated carbocycles. The van der Waals surface area contributed by atoms with Crippen LogP contribution in [0.15, 0.2) is 22.4 Å². The SMILES string of the molecule is C=C(Br)c1cn([C@H]2C[C@H](O)[C@@H](CO)O2)c(=O)[nH]c1=O. The van der Waals surface area contributed by atoms with E-state index in [1.807, 2.05) is 0 Å². The summed E-state index contributed by atoms with van der Waals surface area (Å²) >= 11 is 3.08. The molecule has 1 fully saturated rings. The van der Waals surface area contributed by atoms with Gasteiger partial charge < -0.3 is 14.9 Å². The Balaban J connectivity index is 2.41. The molecule has 1 saturated heterocycles. The Morgan fingerprint density at radius 3 is 2.84 bits per heavy atom. The number of hydrogen-bond acceptors (Lipinski definition) is 5. The number of H-pyrrole nitrogens is 1. The summed E-state index contributed by atoms with van der Waals surface area (Å²) in [7, 11) is 0. The molecular formula is C11H13BrN2O5. The first-order valence-electron chi connectivity index (χ1n) is 5.58. The van der Waals surface area contributed by atoms with E-state index in [1.54, 1.807) is 0 Å². The number of aliphatic hydroxyl groups excluding tert-OH is 2. The normalized spacial score (nSPS) is 26.6. The molecular weight excluding hydrogens is 320 g/mol. The molecule has 3 atom stereocenters. The highest BCUT2D eigenvalue weighted by Crippen LogP contribution is 2.27. The fourth-order valence-corrected chi connectivity index (χ4v) is 2.23. The van der Waals surface area contributed by atoms with E-state index in [2.05, 4.69) is 27.5 Å². The number of rotatable bonds is 3. The number of ether oxygens (including phenoxy) is 1. The number of aromatic nitrogens is 2. The fourth-order valence-electron chi connectivity index (χ4n) is 1.94. The Morgan fingerprint density at radius 2 is 2.32 bits per heavy atom. The van der Waals surface area contributed by atoms with Gasteiger partial charge in [-0.2, -0.15) is 0 Å². The van der Waals surface area contributed by atoms with Gasteiger partial charge in [-0.15, -0.1) is 0 Å². The molecule has 0 bridgehead atoms. The third kappa shape index (κ3) is 2.71. The molecule has 0 aliphatic carbocycles. The lowest BCUT2D eigenvalue weighted by atomic mass is 10.2. The summed E-state index contributed by atoms with van der Waals surface area (Å²) < 4.78 is 6.86. The Hall–Kier alpha value is -1.22. The zero-order valence-electron chi connectivity index (χ0n) is 9.88. The summed E-state index contributed by atoms with van der Waals surface area (Å²) in [4.78, 5) is 25.4. The Bertz CT molecular complexity index is 608. The lowest BCUT2D eigenvalue weighted by Crippen LogP contribution is -2.33. The van der Waals surface area contributed by atoms with Crippen molar-refractivity contribution in [2.45, 2.75) is 24.9 Å². The molecule has 1 aromatic rings. The van der Waals surface area contributed by atoms with Crippen LogP contribution in [0, 0.1) is 0 Å². The van der Waals surface area contributed by atoms with E-state index >= 15 is 0 Å². The molecule has 2 rings (SSSR count). The maximum Gasteiger partial charge on any atom is 0.330 e. The van der Waals surface area contributed by atoms with Gasteiger partial charge in [0.05, 0.1) is 18.3 Å². The highest BCUT2D eigenvalue weighted by molar-refractivity contribution is 9.15. The van der Waals surface area contributed by atoms with E-state index in [4.69, 9.17) is 9.84 Å². The Kier molecular flexibility index (Phi) is 4.04. The van der Waals surface area contributed by atoms with E-state index in [1.165, 1.54) is 10.8 Å². The van der Waals surface area contributed by atoms with E-state index in [9.17, 15) is 14.7 Å². The van der Waals surface area contributed by atoms with Gasteiger partial charge in [0.25, 0.3) is 5.56 Å². The first-order valence-corrected chi connectivity index (χ1v) is 6.38. The molecule has 7 nitrogen and oxygen atoms in total. The van der Waals surface area contributed by atoms with Crippen LogP contribution in [0.4, 0.5) is 0 Å². The van der Waals surface area contributed by atoms with Crippen LogP contribution in [0.5, 0.6) is 0 Å². The predicted octanol–water partition coefficient (Wildman–Crippen LogP) is -0.457. The van der Waals surface area contributed by atoms with Gasteiger partial charge in [-0.1, -0.05) is 22.5 Å². The molecule has 0 amide bonds. The van der Waals surface area contributed by atoms with Crippen LogP contribution in [0.25, 0.3) is 4.48 Å². The standard InChI is InChI=1S/C11H13BrN2O5/c1-5(12)6-3-14(11(18)13-10(6)17)9-2-7(16)8(4-15)19-9/h3,7-9,15-16H,1-2,4H2,(H,13,17,18)/t7-,8+,9+/m0/s1. The quantitative estimate of drug-likeness (QED) is 0.695. The largest absolute Gasteiger partial charge is 0.394 e. The topological polar surface area (TPSA) is 105 Å². The summed E-state index contributed by atoms with van der Waals surface area (Å²) in [6.45, 7) is 3.24. The highest BCUT2D eigenvalue weighted by atomic mass is 79.9. The number of nitrogens with zero attached hydrogens (tertiary/aromatic N) is 1. The van der Waals surface area contributed by atoms with Crippen LogP contribution >= 0.6 is 15.9 Å². The minimum Gasteiger partial charge on any atom is -0.394 e. The lowest BCUT2D eigenvalue weighted by Gasteiger charge is -2.15. The van der Waals surface area contributed by atoms with Crippen molar-refractivity contribution in [1.29, 1.82) is 0 Å². The van der Waals surface area contributed by atoms with Gasteiger partial charge in [-0.3, -0.25) is 14.3 Å². The molecule has 0 radical (unpaired) electrons. The van der Waals surface area contributed by atoms with Crippen LogP contribution in [0.2, 0.25) is 0 Å². The molecule has 1 aliphatic rings. The van der Waals surface area contributed by atoms with E-state index in [-0.39, 0.29) is 18.6 Å². The summed E-state index contributed by atoms with van der Waals surface area (Å²) in [5.41, 5.74) is -0.996. The van der Waals surface area contributed by atoms with Crippen LogP contribution in [-0.2, 0) is 4.74 Å². The Labute approximate surface area is 116 Å². The molecule has 104 valence electrons. The number of aliphatic hydroxyl groups is 2. The molecule has 2 heterocycles. The smallest absolute Gasteiger partial charge is 0.330 e. The van der Waals surface area contributed by atoms with Crippen LogP contribution < -0.4 is 11.2 Å². The molecule has 0 unspecified atom stereocenters. The number of hydrogen-bond donors (Lipinski definition) is 3. The highest BCUT2D eigenvalue weighted by Gasteiger charge is 2.35. The van der Waals surface area contributed by atoms with Crippen molar-refractivity contribution in [1.82, 2.24) is 9.55 Å². The van der Waals surface area contributed by atoms with Gasteiger partial charge in [-0.05, 0) is 0 Å². The molecule has 3 N–H and O–H groups in total. The average molecular weight is 333 g/mol. The first-order chi connectivity index (χ1) is 8.93. The summed E-state index contributed by atoms with van der Waals surface area (Å²) in [5, 5.41) is 18.7. The number of halogens is 1. The van der Waals surface area contributed by atoms with Gasteiger partial charge in [0.2, 0.25) is 0 Å². The zero-order valence-corrected chi connectivity index (χ0v) is 11.5. The molecule has 8 heteroatoms. The maximum absolute atomic E-state index is 11.7. The summed E-state index contributed by atoms with van der Waals surface area (Å²) in [6, 6.07) is 0. The predicted molar refractivity (Wildman–Crippen MR) is 70.9 cm³/mol. The van der Waals surface area contributed by atoms with Gasteiger partial charge >= 0.3 is 5.69 Å². The van der Waals surface area contributed by atoms with Crippen LogP contribution in [-0.4, -0.2) is 38.6 Å². The van der Waals surface area contributed by atoms with Crippen molar-refractivity contribution in [3.05, 3.63) is 39.2 Å². The van der Waals surface area contributed by atoms with Crippen molar-refractivity contribution in [2.75, 3.05) is 6.61 Å². The fraction of sp³-hybridized carbons (Fsp3) is 0.455. The maximum atomic E-state index is 11.7. The summed E-state index contributed by atoms with van der Waals surface area (Å²) in [5.74, 6) is 0. The van der Waals surface area contributed by atoms with E-state index in [0.717, 1.165) is 0 Å².